The van der Waals surface area contributed by atoms with Crippen molar-refractivity contribution in [3.8, 4) is 0 Å². The number of piperidine rings is 1. The Morgan fingerprint density at radius 2 is 1.73 bits per heavy atom. The van der Waals surface area contributed by atoms with Crippen molar-refractivity contribution in [3.63, 3.8) is 0 Å². The fraction of sp³-hybridized carbons (Fsp3) is 0.667. The lowest BCUT2D eigenvalue weighted by Gasteiger charge is -2.35. The van der Waals surface area contributed by atoms with Crippen LogP contribution in [-0.2, 0) is 20.4 Å². The number of benzene rings is 1. The maximum atomic E-state index is 13.5. The third kappa shape index (κ3) is 6.32. The number of hydrogen-bond donors (Lipinski definition) is 0. The van der Waals surface area contributed by atoms with Gasteiger partial charge in [-0.25, -0.2) is 4.79 Å². The number of halogens is 3. The summed E-state index contributed by atoms with van der Waals surface area (Å²) < 4.78 is 50.9. The van der Waals surface area contributed by atoms with E-state index >= 15 is 0 Å². The summed E-state index contributed by atoms with van der Waals surface area (Å²) in [5.74, 6) is -0.636. The molecule has 33 heavy (non-hydrogen) atoms. The van der Waals surface area contributed by atoms with Crippen LogP contribution in [0.25, 0.3) is 0 Å². The summed E-state index contributed by atoms with van der Waals surface area (Å²) in [6.07, 6.45) is -3.01. The van der Waals surface area contributed by atoms with Gasteiger partial charge in [-0.3, -0.25) is 4.79 Å². The first-order valence-electron chi connectivity index (χ1n) is 11.5. The molecule has 2 saturated heterocycles. The molecule has 184 valence electrons. The average Bonchev–Trinajstić information content (AvgIpc) is 3.22. The molecule has 2 heterocycles. The molecule has 0 aromatic heterocycles. The van der Waals surface area contributed by atoms with Crippen LogP contribution in [0.2, 0.25) is 0 Å². The Kier molecular flexibility index (Phi) is 7.49. The van der Waals surface area contributed by atoms with Crippen molar-refractivity contribution >= 4 is 17.7 Å². The Bertz CT molecular complexity index is 858. The molecule has 2 aliphatic heterocycles. The lowest BCUT2D eigenvalue weighted by molar-refractivity contribution is -0.147. The summed E-state index contributed by atoms with van der Waals surface area (Å²) in [5.41, 5.74) is 0.0652. The molecule has 1 atom stereocenters. The van der Waals surface area contributed by atoms with Gasteiger partial charge in [-0.1, -0.05) is 6.07 Å². The number of amides is 1. The number of rotatable bonds is 4. The molecule has 1 unspecified atom stereocenters. The monoisotopic (exact) mass is 470 g/mol. The predicted molar refractivity (Wildman–Crippen MR) is 118 cm³/mol. The minimum Gasteiger partial charge on any atom is -0.466 e. The summed E-state index contributed by atoms with van der Waals surface area (Å²) in [4.78, 5) is 28.0. The molecule has 1 aromatic rings. The number of carbonyl (C=O) groups is 2. The Morgan fingerprint density at radius 3 is 2.30 bits per heavy atom. The molecule has 2 aliphatic rings. The average molecular weight is 471 g/mol. The Balaban J connectivity index is 1.79. The molecule has 2 fully saturated rings. The molecule has 0 spiro atoms. The van der Waals surface area contributed by atoms with Crippen molar-refractivity contribution in [2.24, 2.45) is 5.92 Å². The number of carbonyl (C=O) groups excluding carboxylic acids is 2. The molecule has 0 aliphatic carbocycles. The molecule has 6 nitrogen and oxygen atoms in total. The second-order valence-corrected chi connectivity index (χ2v) is 9.70. The number of alkyl halides is 3. The van der Waals surface area contributed by atoms with E-state index in [2.05, 4.69) is 0 Å². The number of likely N-dealkylation sites (tertiary alicyclic amines) is 1. The van der Waals surface area contributed by atoms with Crippen LogP contribution in [0.4, 0.5) is 23.7 Å². The van der Waals surface area contributed by atoms with E-state index < -0.39 is 17.3 Å². The molecule has 0 N–H and O–H groups in total. The highest BCUT2D eigenvalue weighted by molar-refractivity contribution is 5.75. The van der Waals surface area contributed by atoms with Crippen molar-refractivity contribution < 1.29 is 32.2 Å². The van der Waals surface area contributed by atoms with Crippen LogP contribution in [0.3, 0.4) is 0 Å². The van der Waals surface area contributed by atoms with Gasteiger partial charge < -0.3 is 19.3 Å². The molecule has 1 aromatic carbocycles. The maximum absolute atomic E-state index is 13.5. The van der Waals surface area contributed by atoms with Crippen LogP contribution in [0, 0.1) is 5.92 Å². The number of hydrogen-bond acceptors (Lipinski definition) is 5. The third-order valence-corrected chi connectivity index (χ3v) is 6.09. The summed E-state index contributed by atoms with van der Waals surface area (Å²) in [6.45, 7) is 9.23. The van der Waals surface area contributed by atoms with E-state index in [9.17, 15) is 22.8 Å². The summed E-state index contributed by atoms with van der Waals surface area (Å²) in [7, 11) is 0. The van der Waals surface area contributed by atoms with E-state index in [-0.39, 0.29) is 30.5 Å². The second-order valence-electron chi connectivity index (χ2n) is 9.70. The van der Waals surface area contributed by atoms with E-state index in [1.54, 1.807) is 17.9 Å². The van der Waals surface area contributed by atoms with E-state index in [1.807, 2.05) is 25.7 Å². The smallest absolute Gasteiger partial charge is 0.416 e. The van der Waals surface area contributed by atoms with Gasteiger partial charge in [0.25, 0.3) is 0 Å². The first kappa shape index (κ1) is 25.2. The number of esters is 1. The van der Waals surface area contributed by atoms with Gasteiger partial charge in [-0.2, -0.15) is 13.2 Å². The van der Waals surface area contributed by atoms with E-state index in [0.29, 0.717) is 51.1 Å². The van der Waals surface area contributed by atoms with Crippen LogP contribution in [0.1, 0.15) is 64.0 Å². The lowest BCUT2D eigenvalue weighted by Crippen LogP contribution is -2.41. The summed E-state index contributed by atoms with van der Waals surface area (Å²) in [5, 5.41) is 0. The molecule has 9 heteroatoms. The first-order chi connectivity index (χ1) is 15.4. The molecule has 1 amide bonds. The zero-order valence-electron chi connectivity index (χ0n) is 19.7. The lowest BCUT2D eigenvalue weighted by atomic mass is 9.87. The summed E-state index contributed by atoms with van der Waals surface area (Å²) in [6, 6.07) is 3.88. The fourth-order valence-corrected chi connectivity index (χ4v) is 4.47. The van der Waals surface area contributed by atoms with Gasteiger partial charge in [0, 0.05) is 31.9 Å². The molecule has 0 saturated carbocycles. The highest BCUT2D eigenvalue weighted by Crippen LogP contribution is 2.41. The molecular weight excluding hydrogens is 437 g/mol. The van der Waals surface area contributed by atoms with Gasteiger partial charge >= 0.3 is 18.2 Å². The minimum atomic E-state index is -4.45. The zero-order chi connectivity index (χ0) is 24.4. The minimum absolute atomic E-state index is 0.0163. The number of nitrogens with zero attached hydrogens (tertiary/aromatic N) is 2. The van der Waals surface area contributed by atoms with Crippen LogP contribution in [-0.4, -0.2) is 55.3 Å². The maximum Gasteiger partial charge on any atom is 0.416 e. The first-order valence-corrected chi connectivity index (χ1v) is 11.5. The van der Waals surface area contributed by atoms with Gasteiger partial charge in [-0.05, 0) is 70.6 Å². The third-order valence-electron chi connectivity index (χ3n) is 6.09. The van der Waals surface area contributed by atoms with E-state index in [0.717, 1.165) is 11.6 Å². The fourth-order valence-electron chi connectivity index (χ4n) is 4.47. The standard InChI is InChI=1S/C24H33F3N2O4/c1-5-32-21(30)17-10-13-29(15-17)20-14-18(24(25,26)27)6-7-19(20)16-8-11-28(12-9-16)22(31)33-23(2,3)4/h6-7,14,16-17H,5,8-13,15H2,1-4H3. The molecule has 0 radical (unpaired) electrons. The van der Waals surface area contributed by atoms with Crippen molar-refractivity contribution in [1.29, 1.82) is 0 Å². The van der Waals surface area contributed by atoms with Crippen LogP contribution < -0.4 is 4.90 Å². The van der Waals surface area contributed by atoms with Gasteiger partial charge in [0.15, 0.2) is 0 Å². The van der Waals surface area contributed by atoms with Crippen LogP contribution in [0.15, 0.2) is 18.2 Å². The van der Waals surface area contributed by atoms with Gasteiger partial charge in [0.05, 0.1) is 18.1 Å². The highest BCUT2D eigenvalue weighted by Gasteiger charge is 2.36. The Labute approximate surface area is 193 Å². The van der Waals surface area contributed by atoms with Gasteiger partial charge in [0.1, 0.15) is 5.60 Å². The second kappa shape index (κ2) is 9.81. The largest absolute Gasteiger partial charge is 0.466 e. The van der Waals surface area contributed by atoms with E-state index in [1.165, 1.54) is 6.07 Å². The van der Waals surface area contributed by atoms with Crippen molar-refractivity contribution in [2.45, 2.75) is 64.7 Å². The molecule has 0 bridgehead atoms. The van der Waals surface area contributed by atoms with Crippen molar-refractivity contribution in [1.82, 2.24) is 4.90 Å². The Hall–Kier alpha value is -2.45. The number of ether oxygens (including phenoxy) is 2. The zero-order valence-corrected chi connectivity index (χ0v) is 19.7. The van der Waals surface area contributed by atoms with Crippen LogP contribution in [0.5, 0.6) is 0 Å². The molecular formula is C24H33F3N2O4. The predicted octanol–water partition coefficient (Wildman–Crippen LogP) is 5.21. The molecule has 3 rings (SSSR count). The van der Waals surface area contributed by atoms with Gasteiger partial charge in [-0.15, -0.1) is 0 Å². The van der Waals surface area contributed by atoms with Crippen molar-refractivity contribution in [3.05, 3.63) is 29.3 Å². The SMILES string of the molecule is CCOC(=O)C1CCN(c2cc(C(F)(F)F)ccc2C2CCN(C(=O)OC(C)(C)C)CC2)C1. The topological polar surface area (TPSA) is 59.1 Å². The highest BCUT2D eigenvalue weighted by atomic mass is 19.4. The van der Waals surface area contributed by atoms with Gasteiger partial charge in [0.2, 0.25) is 0 Å². The van der Waals surface area contributed by atoms with Crippen molar-refractivity contribution in [2.75, 3.05) is 37.7 Å². The Morgan fingerprint density at radius 1 is 1.06 bits per heavy atom. The van der Waals surface area contributed by atoms with E-state index in [4.69, 9.17) is 9.47 Å². The quantitative estimate of drug-likeness (QED) is 0.566. The summed E-state index contributed by atoms with van der Waals surface area (Å²) >= 11 is 0. The number of anilines is 1. The normalized spacial score (nSPS) is 20.2. The van der Waals surface area contributed by atoms with Crippen LogP contribution >= 0.6 is 0 Å².